The highest BCUT2D eigenvalue weighted by Crippen LogP contribution is 2.25. The van der Waals surface area contributed by atoms with Crippen molar-refractivity contribution in [2.24, 2.45) is 0 Å². The first-order chi connectivity index (χ1) is 11.6. The smallest absolute Gasteiger partial charge is 0.263 e. The van der Waals surface area contributed by atoms with Gasteiger partial charge >= 0.3 is 0 Å². The summed E-state index contributed by atoms with van der Waals surface area (Å²) in [7, 11) is 0. The van der Waals surface area contributed by atoms with Crippen molar-refractivity contribution >= 4 is 23.3 Å². The fourth-order valence-electron chi connectivity index (χ4n) is 2.09. The van der Waals surface area contributed by atoms with E-state index in [1.165, 1.54) is 0 Å². The van der Waals surface area contributed by atoms with Crippen LogP contribution in [0.25, 0.3) is 11.3 Å². The molecule has 1 N–H and O–H groups in total. The average molecular weight is 344 g/mol. The predicted octanol–water partition coefficient (Wildman–Crippen LogP) is 3.72. The number of aryl methyl sites for hydroxylation is 1. The topological polar surface area (TPSA) is 77.2 Å². The predicted molar refractivity (Wildman–Crippen MR) is 90.0 cm³/mol. The molecule has 0 unspecified atom stereocenters. The van der Waals surface area contributed by atoms with Crippen molar-refractivity contribution in [1.82, 2.24) is 10.3 Å². The van der Waals surface area contributed by atoms with Gasteiger partial charge in [-0.05, 0) is 47.1 Å². The number of carbonyl (C=O) groups excluding carboxylic acids is 1. The van der Waals surface area contributed by atoms with Crippen molar-refractivity contribution in [2.75, 3.05) is 11.9 Å². The number of anilines is 1. The van der Waals surface area contributed by atoms with Crippen molar-refractivity contribution in [3.8, 4) is 17.0 Å². The summed E-state index contributed by atoms with van der Waals surface area (Å²) in [5, 5.41) is 10.8. The zero-order valence-corrected chi connectivity index (χ0v) is 13.6. The molecule has 0 saturated carbocycles. The molecule has 122 valence electrons. The second-order valence-corrected chi connectivity index (χ2v) is 5.56. The molecule has 3 aromatic rings. The van der Waals surface area contributed by atoms with Gasteiger partial charge in [-0.15, -0.1) is 0 Å². The Bertz CT molecular complexity index is 846. The molecule has 0 fully saturated rings. The van der Waals surface area contributed by atoms with Crippen LogP contribution < -0.4 is 10.1 Å². The maximum atomic E-state index is 12.0. The third-order valence-electron chi connectivity index (χ3n) is 3.22. The largest absolute Gasteiger partial charge is 0.484 e. The lowest BCUT2D eigenvalue weighted by molar-refractivity contribution is -0.118. The second kappa shape index (κ2) is 7.14. The molecular weight excluding hydrogens is 330 g/mol. The molecule has 0 saturated heterocycles. The van der Waals surface area contributed by atoms with Gasteiger partial charge in [0.25, 0.3) is 5.91 Å². The van der Waals surface area contributed by atoms with Crippen LogP contribution in [0.1, 0.15) is 5.56 Å². The monoisotopic (exact) mass is 343 g/mol. The third kappa shape index (κ3) is 3.91. The SMILES string of the molecule is Cc1cccc(OCC(=O)Nc2nonc2-c2ccc(Cl)cc2)c1. The molecule has 0 bridgehead atoms. The summed E-state index contributed by atoms with van der Waals surface area (Å²) in [6, 6.07) is 14.4. The van der Waals surface area contributed by atoms with E-state index in [-0.39, 0.29) is 18.3 Å². The van der Waals surface area contributed by atoms with Crippen molar-refractivity contribution in [3.63, 3.8) is 0 Å². The number of hydrogen-bond acceptors (Lipinski definition) is 5. The van der Waals surface area contributed by atoms with Crippen LogP contribution in [0.2, 0.25) is 5.02 Å². The Kier molecular flexibility index (Phi) is 4.77. The molecule has 6 nitrogen and oxygen atoms in total. The highest BCUT2D eigenvalue weighted by molar-refractivity contribution is 6.30. The van der Waals surface area contributed by atoms with E-state index in [0.717, 1.165) is 11.1 Å². The lowest BCUT2D eigenvalue weighted by atomic mass is 10.1. The Hall–Kier alpha value is -2.86. The summed E-state index contributed by atoms with van der Waals surface area (Å²) in [5.41, 5.74) is 2.21. The summed E-state index contributed by atoms with van der Waals surface area (Å²) in [4.78, 5) is 12.0. The van der Waals surface area contributed by atoms with Crippen LogP contribution in [0.15, 0.2) is 53.2 Å². The van der Waals surface area contributed by atoms with Gasteiger partial charge in [0, 0.05) is 10.6 Å². The molecule has 0 spiro atoms. The van der Waals surface area contributed by atoms with Crippen LogP contribution in [0, 0.1) is 6.92 Å². The fraction of sp³-hybridized carbons (Fsp3) is 0.118. The van der Waals surface area contributed by atoms with E-state index in [1.54, 1.807) is 30.3 Å². The molecule has 1 amide bonds. The number of ether oxygens (including phenoxy) is 1. The Labute approximate surface area is 143 Å². The molecular formula is C17H14ClN3O3. The van der Waals surface area contributed by atoms with Crippen LogP contribution in [0.5, 0.6) is 5.75 Å². The summed E-state index contributed by atoms with van der Waals surface area (Å²) < 4.78 is 10.2. The van der Waals surface area contributed by atoms with Crippen molar-refractivity contribution < 1.29 is 14.2 Å². The van der Waals surface area contributed by atoms with Gasteiger partial charge in [0.1, 0.15) is 5.75 Å². The maximum Gasteiger partial charge on any atom is 0.263 e. The molecule has 24 heavy (non-hydrogen) atoms. The fourth-order valence-corrected chi connectivity index (χ4v) is 2.22. The quantitative estimate of drug-likeness (QED) is 0.764. The maximum absolute atomic E-state index is 12.0. The van der Waals surface area contributed by atoms with Gasteiger partial charge in [0.05, 0.1) is 0 Å². The summed E-state index contributed by atoms with van der Waals surface area (Å²) in [6.45, 7) is 1.81. The molecule has 1 heterocycles. The van der Waals surface area contributed by atoms with Crippen molar-refractivity contribution in [2.45, 2.75) is 6.92 Å². The number of carbonyl (C=O) groups is 1. The summed E-state index contributed by atoms with van der Waals surface area (Å²) in [6.07, 6.45) is 0. The lowest BCUT2D eigenvalue weighted by Crippen LogP contribution is -2.20. The van der Waals surface area contributed by atoms with Crippen LogP contribution in [-0.2, 0) is 4.79 Å². The molecule has 0 aliphatic heterocycles. The van der Waals surface area contributed by atoms with E-state index < -0.39 is 0 Å². The van der Waals surface area contributed by atoms with Crippen molar-refractivity contribution in [3.05, 3.63) is 59.1 Å². The normalized spacial score (nSPS) is 10.4. The van der Waals surface area contributed by atoms with Gasteiger partial charge in [-0.3, -0.25) is 4.79 Å². The third-order valence-corrected chi connectivity index (χ3v) is 3.48. The van der Waals surface area contributed by atoms with Crippen LogP contribution in [-0.4, -0.2) is 22.8 Å². The van der Waals surface area contributed by atoms with Gasteiger partial charge in [-0.25, -0.2) is 4.63 Å². The number of benzene rings is 2. The Morgan fingerprint density at radius 3 is 2.75 bits per heavy atom. The number of rotatable bonds is 5. The molecule has 0 atom stereocenters. The highest BCUT2D eigenvalue weighted by Gasteiger charge is 2.15. The first kappa shape index (κ1) is 16.0. The van der Waals surface area contributed by atoms with Crippen LogP contribution >= 0.6 is 11.6 Å². The minimum atomic E-state index is -0.359. The number of hydrogen-bond donors (Lipinski definition) is 1. The van der Waals surface area contributed by atoms with E-state index in [4.69, 9.17) is 21.0 Å². The molecule has 3 rings (SSSR count). The van der Waals surface area contributed by atoms with Gasteiger partial charge in [0.15, 0.2) is 12.3 Å². The Morgan fingerprint density at radius 1 is 1.21 bits per heavy atom. The number of nitrogens with zero attached hydrogens (tertiary/aromatic N) is 2. The van der Waals surface area contributed by atoms with E-state index >= 15 is 0 Å². The lowest BCUT2D eigenvalue weighted by Gasteiger charge is -2.07. The Morgan fingerprint density at radius 2 is 2.00 bits per heavy atom. The molecule has 0 aliphatic rings. The standard InChI is InChI=1S/C17H14ClN3O3/c1-11-3-2-4-14(9-11)23-10-15(22)19-17-16(20-24-21-17)12-5-7-13(18)8-6-12/h2-9H,10H2,1H3,(H,19,21,22). The number of halogens is 1. The van der Waals surface area contributed by atoms with Gasteiger partial charge in [-0.2, -0.15) is 0 Å². The zero-order valence-electron chi connectivity index (χ0n) is 12.8. The van der Waals surface area contributed by atoms with E-state index in [9.17, 15) is 4.79 Å². The first-order valence-electron chi connectivity index (χ1n) is 7.19. The summed E-state index contributed by atoms with van der Waals surface area (Å²) >= 11 is 5.86. The minimum Gasteiger partial charge on any atom is -0.484 e. The van der Waals surface area contributed by atoms with E-state index in [2.05, 4.69) is 15.6 Å². The molecule has 0 radical (unpaired) electrons. The van der Waals surface area contributed by atoms with Gasteiger partial charge in [0.2, 0.25) is 5.82 Å². The van der Waals surface area contributed by atoms with Crippen molar-refractivity contribution in [1.29, 1.82) is 0 Å². The summed E-state index contributed by atoms with van der Waals surface area (Å²) in [5.74, 6) is 0.499. The second-order valence-electron chi connectivity index (χ2n) is 5.12. The van der Waals surface area contributed by atoms with Crippen LogP contribution in [0.3, 0.4) is 0 Å². The Balaban J connectivity index is 1.65. The number of aromatic nitrogens is 2. The molecule has 2 aromatic carbocycles. The first-order valence-corrected chi connectivity index (χ1v) is 7.57. The van der Waals surface area contributed by atoms with E-state index in [0.29, 0.717) is 16.5 Å². The number of amides is 1. The molecule has 0 aliphatic carbocycles. The average Bonchev–Trinajstić information content (AvgIpc) is 3.02. The molecule has 1 aromatic heterocycles. The number of nitrogens with one attached hydrogen (secondary N) is 1. The minimum absolute atomic E-state index is 0.142. The zero-order chi connectivity index (χ0) is 16.9. The van der Waals surface area contributed by atoms with E-state index in [1.807, 2.05) is 25.1 Å². The molecule has 7 heteroatoms. The highest BCUT2D eigenvalue weighted by atomic mass is 35.5. The van der Waals surface area contributed by atoms with Gasteiger partial charge in [-0.1, -0.05) is 35.9 Å². The van der Waals surface area contributed by atoms with Gasteiger partial charge < -0.3 is 10.1 Å². The van der Waals surface area contributed by atoms with Crippen LogP contribution in [0.4, 0.5) is 5.82 Å².